The van der Waals surface area contributed by atoms with Crippen LogP contribution >= 0.6 is 11.6 Å². The van der Waals surface area contributed by atoms with Crippen LogP contribution in [-0.2, 0) is 9.53 Å². The molecule has 0 fully saturated rings. The van der Waals surface area contributed by atoms with Gasteiger partial charge < -0.3 is 0 Å². The Hall–Kier alpha value is -0.212. The molecule has 0 aliphatic heterocycles. The second kappa shape index (κ2) is 7.99. The van der Waals surface area contributed by atoms with Crippen LogP contribution in [-0.4, -0.2) is 37.7 Å². The number of rotatable bonds is 8. The van der Waals surface area contributed by atoms with Gasteiger partial charge in [0.25, 0.3) is 0 Å². The third-order valence-corrected chi connectivity index (χ3v) is 5.50. The van der Waals surface area contributed by atoms with Crippen LogP contribution in [0.2, 0.25) is 5.21 Å². The average Bonchev–Trinajstić information content (AvgIpc) is 2.12. The molecule has 100 valence electrons. The first-order valence-corrected chi connectivity index (χ1v) is 8.54. The van der Waals surface area contributed by atoms with Gasteiger partial charge in [0.05, 0.1) is 0 Å². The van der Waals surface area contributed by atoms with Crippen molar-refractivity contribution in [2.24, 2.45) is 11.3 Å². The SMILES string of the molecule is CC(C)CC(C)(C[AsH]C(=O)OCCl)CC(=O)O. The van der Waals surface area contributed by atoms with E-state index in [0.717, 1.165) is 6.42 Å². The van der Waals surface area contributed by atoms with Crippen LogP contribution in [0.4, 0.5) is 4.79 Å². The van der Waals surface area contributed by atoms with Gasteiger partial charge in [0.1, 0.15) is 0 Å². The molecular formula is C11H20AsClO4. The molecule has 0 saturated heterocycles. The van der Waals surface area contributed by atoms with Crippen molar-refractivity contribution in [3.8, 4) is 0 Å². The first-order valence-electron chi connectivity index (χ1n) is 5.47. The molecule has 0 rings (SSSR count). The standard InChI is InChI=1S/C11H20AsClO4/c1-8(2)4-11(3,5-9(14)15)6-12-10(16)17-7-13/h8,12H,4-7H2,1-3H3,(H,14,15). The maximum atomic E-state index is 11.3. The molecular weight excluding hydrogens is 306 g/mol. The minimum absolute atomic E-state index is 0.100. The van der Waals surface area contributed by atoms with Crippen LogP contribution in [0.3, 0.4) is 0 Å². The molecule has 17 heavy (non-hydrogen) atoms. The number of hydrogen-bond acceptors (Lipinski definition) is 3. The number of alkyl halides is 1. The van der Waals surface area contributed by atoms with E-state index in [0.29, 0.717) is 11.1 Å². The van der Waals surface area contributed by atoms with Crippen LogP contribution < -0.4 is 0 Å². The Morgan fingerprint density at radius 1 is 1.47 bits per heavy atom. The molecule has 2 unspecified atom stereocenters. The second-order valence-corrected chi connectivity index (χ2v) is 7.43. The Kier molecular flexibility index (Phi) is 7.89. The van der Waals surface area contributed by atoms with Gasteiger partial charge in [-0.15, -0.1) is 0 Å². The Balaban J connectivity index is 4.37. The summed E-state index contributed by atoms with van der Waals surface area (Å²) in [5, 5.41) is 9.54. The minimum atomic E-state index is -0.946. The van der Waals surface area contributed by atoms with Crippen LogP contribution in [0, 0.1) is 11.3 Å². The van der Waals surface area contributed by atoms with Crippen molar-refractivity contribution in [3.63, 3.8) is 0 Å². The Labute approximate surface area is 114 Å². The summed E-state index contributed by atoms with van der Waals surface area (Å²) in [6, 6.07) is -0.123. The molecule has 0 aliphatic carbocycles. The zero-order valence-electron chi connectivity index (χ0n) is 10.5. The number of aliphatic carboxylic acids is 1. The van der Waals surface area contributed by atoms with Gasteiger partial charge in [-0.25, -0.2) is 0 Å². The zero-order valence-corrected chi connectivity index (χ0v) is 13.3. The number of carboxylic acids is 1. The summed E-state index contributed by atoms with van der Waals surface area (Å²) in [6.07, 6.45) is 0.903. The van der Waals surface area contributed by atoms with Crippen LogP contribution in [0.25, 0.3) is 0 Å². The molecule has 0 amide bonds. The van der Waals surface area contributed by atoms with Crippen molar-refractivity contribution in [2.45, 2.75) is 38.8 Å². The van der Waals surface area contributed by atoms with E-state index in [9.17, 15) is 9.59 Å². The van der Waals surface area contributed by atoms with E-state index >= 15 is 0 Å². The van der Waals surface area contributed by atoms with Crippen molar-refractivity contribution in [1.29, 1.82) is 0 Å². The van der Waals surface area contributed by atoms with E-state index in [2.05, 4.69) is 18.6 Å². The van der Waals surface area contributed by atoms with Gasteiger partial charge in [-0.1, -0.05) is 0 Å². The summed E-state index contributed by atoms with van der Waals surface area (Å²) in [5.74, 6) is -0.402. The van der Waals surface area contributed by atoms with Crippen molar-refractivity contribution in [2.75, 3.05) is 6.07 Å². The normalized spacial score (nSPS) is 15.1. The summed E-state index contributed by atoms with van der Waals surface area (Å²) in [6.45, 7) is 6.03. The third kappa shape index (κ3) is 8.50. The van der Waals surface area contributed by atoms with Crippen molar-refractivity contribution in [1.82, 2.24) is 0 Å². The van der Waals surface area contributed by atoms with Crippen LogP contribution in [0.5, 0.6) is 0 Å². The average molecular weight is 327 g/mol. The van der Waals surface area contributed by atoms with E-state index in [1.54, 1.807) is 0 Å². The van der Waals surface area contributed by atoms with E-state index in [1.165, 1.54) is 0 Å². The summed E-state index contributed by atoms with van der Waals surface area (Å²) in [7, 11) is 0. The van der Waals surface area contributed by atoms with E-state index < -0.39 is 21.7 Å². The molecule has 0 radical (unpaired) electrons. The Morgan fingerprint density at radius 2 is 2.06 bits per heavy atom. The fourth-order valence-electron chi connectivity index (χ4n) is 1.94. The van der Waals surface area contributed by atoms with Crippen molar-refractivity contribution >= 4 is 38.1 Å². The molecule has 1 N–H and O–H groups in total. The monoisotopic (exact) mass is 326 g/mol. The van der Waals surface area contributed by atoms with Gasteiger partial charge >= 0.3 is 114 Å². The van der Waals surface area contributed by atoms with Crippen molar-refractivity contribution in [3.05, 3.63) is 0 Å². The molecule has 0 aromatic carbocycles. The quantitative estimate of drug-likeness (QED) is 0.550. The number of carbonyl (C=O) groups is 2. The molecule has 0 aliphatic rings. The first kappa shape index (κ1) is 16.8. The molecule has 0 saturated carbocycles. The van der Waals surface area contributed by atoms with Gasteiger partial charge in [-0.3, -0.25) is 0 Å². The molecule has 0 aromatic rings. The first-order chi connectivity index (χ1) is 7.79. The van der Waals surface area contributed by atoms with E-state index in [1.807, 2.05) is 6.92 Å². The zero-order chi connectivity index (χ0) is 13.5. The molecule has 6 heteroatoms. The number of halogens is 1. The summed E-state index contributed by atoms with van der Waals surface area (Å²) < 4.78 is 4.43. The number of hydrogen-bond donors (Lipinski definition) is 1. The van der Waals surface area contributed by atoms with Crippen LogP contribution in [0.1, 0.15) is 33.6 Å². The van der Waals surface area contributed by atoms with Gasteiger partial charge in [0.2, 0.25) is 0 Å². The maximum absolute atomic E-state index is 11.3. The predicted octanol–water partition coefficient (Wildman–Crippen LogP) is 2.70. The second-order valence-electron chi connectivity index (χ2n) is 4.87. The number of carboxylic acid groups (broad SMARTS) is 1. The molecule has 0 bridgehead atoms. The molecule has 0 aromatic heterocycles. The van der Waals surface area contributed by atoms with Gasteiger partial charge in [-0.05, 0) is 0 Å². The van der Waals surface area contributed by atoms with Crippen molar-refractivity contribution < 1.29 is 19.4 Å². The van der Waals surface area contributed by atoms with E-state index in [-0.39, 0.29) is 22.7 Å². The fraction of sp³-hybridized carbons (Fsp3) is 0.818. The molecule has 2 atom stereocenters. The van der Waals surface area contributed by atoms with Crippen LogP contribution in [0.15, 0.2) is 0 Å². The predicted molar refractivity (Wildman–Crippen MR) is 69.0 cm³/mol. The summed E-state index contributed by atoms with van der Waals surface area (Å²) in [5.41, 5.74) is -0.314. The molecule has 0 spiro atoms. The van der Waals surface area contributed by atoms with E-state index in [4.69, 9.17) is 16.7 Å². The van der Waals surface area contributed by atoms with Gasteiger partial charge in [0, 0.05) is 0 Å². The fourth-order valence-corrected chi connectivity index (χ4v) is 4.36. The molecule has 4 nitrogen and oxygen atoms in total. The molecule has 0 heterocycles. The number of ether oxygens (including phenoxy) is 1. The third-order valence-electron chi connectivity index (χ3n) is 2.32. The summed E-state index contributed by atoms with van der Waals surface area (Å²) >= 11 is 4.35. The van der Waals surface area contributed by atoms with Gasteiger partial charge in [0.15, 0.2) is 0 Å². The topological polar surface area (TPSA) is 63.6 Å². The summed E-state index contributed by atoms with van der Waals surface area (Å²) in [4.78, 5) is 22.1. The van der Waals surface area contributed by atoms with Gasteiger partial charge in [-0.2, -0.15) is 0 Å². The Bertz CT molecular complexity index is 270. The Morgan fingerprint density at radius 3 is 2.47 bits per heavy atom. The number of carbonyl (C=O) groups excluding carboxylic acids is 1.